The summed E-state index contributed by atoms with van der Waals surface area (Å²) in [6.07, 6.45) is 1.17. The van der Waals surface area contributed by atoms with Crippen LogP contribution in [0.25, 0.3) is 0 Å². The maximum atomic E-state index is 10.8. The van der Waals surface area contributed by atoms with Gasteiger partial charge in [0.15, 0.2) is 0 Å². The lowest BCUT2D eigenvalue weighted by Crippen LogP contribution is -2.29. The Morgan fingerprint density at radius 2 is 1.78 bits per heavy atom. The van der Waals surface area contributed by atoms with Crippen LogP contribution in [0.5, 0.6) is 0 Å². The molecule has 0 fully saturated rings. The molecule has 3 heteroatoms. The zero-order valence-corrected chi connectivity index (χ0v) is 11.7. The van der Waals surface area contributed by atoms with Crippen LogP contribution in [0.3, 0.4) is 0 Å². The van der Waals surface area contributed by atoms with Crippen molar-refractivity contribution in [3.05, 3.63) is 35.4 Å². The molecule has 1 atom stereocenters. The van der Waals surface area contributed by atoms with Gasteiger partial charge in [-0.1, -0.05) is 26.0 Å². The molecule has 0 heterocycles. The molecular weight excluding hydrogens is 226 g/mol. The first-order valence-electron chi connectivity index (χ1n) is 6.42. The summed E-state index contributed by atoms with van der Waals surface area (Å²) in [7, 11) is 2.11. The van der Waals surface area contributed by atoms with Gasteiger partial charge in [-0.2, -0.15) is 0 Å². The van der Waals surface area contributed by atoms with Crippen molar-refractivity contribution in [3.63, 3.8) is 0 Å². The van der Waals surface area contributed by atoms with Gasteiger partial charge in [0.25, 0.3) is 0 Å². The van der Waals surface area contributed by atoms with Gasteiger partial charge in [0.2, 0.25) is 0 Å². The second-order valence-electron chi connectivity index (χ2n) is 5.40. The van der Waals surface area contributed by atoms with E-state index >= 15 is 0 Å². The third-order valence-electron chi connectivity index (χ3n) is 3.20. The van der Waals surface area contributed by atoms with Crippen LogP contribution in [-0.2, 0) is 6.54 Å². The second-order valence-corrected chi connectivity index (χ2v) is 5.40. The number of hydrogen-bond acceptors (Lipinski definition) is 2. The molecule has 1 N–H and O–H groups in total. The summed E-state index contributed by atoms with van der Waals surface area (Å²) in [5.41, 5.74) is 1.50. The van der Waals surface area contributed by atoms with Gasteiger partial charge in [-0.25, -0.2) is 4.79 Å². The zero-order chi connectivity index (χ0) is 13.7. The normalized spacial score (nSPS) is 13.0. The number of carboxylic acids is 1. The Bertz CT molecular complexity index is 384. The van der Waals surface area contributed by atoms with E-state index in [2.05, 4.69) is 32.7 Å². The SMILES string of the molecule is CC(C)CC(C)N(C)Cc1ccc(C(=O)O)cc1. The van der Waals surface area contributed by atoms with E-state index in [1.807, 2.05) is 12.1 Å². The van der Waals surface area contributed by atoms with Crippen molar-refractivity contribution in [1.82, 2.24) is 4.90 Å². The lowest BCUT2D eigenvalue weighted by atomic mass is 10.0. The number of hydrogen-bond donors (Lipinski definition) is 1. The van der Waals surface area contributed by atoms with Crippen molar-refractivity contribution in [2.45, 2.75) is 39.8 Å². The van der Waals surface area contributed by atoms with E-state index in [-0.39, 0.29) is 0 Å². The van der Waals surface area contributed by atoms with E-state index in [1.165, 1.54) is 6.42 Å². The Labute approximate surface area is 109 Å². The minimum Gasteiger partial charge on any atom is -0.478 e. The highest BCUT2D eigenvalue weighted by Crippen LogP contribution is 2.13. The smallest absolute Gasteiger partial charge is 0.335 e. The minimum absolute atomic E-state index is 0.344. The molecule has 0 radical (unpaired) electrons. The molecule has 18 heavy (non-hydrogen) atoms. The lowest BCUT2D eigenvalue weighted by Gasteiger charge is -2.26. The van der Waals surface area contributed by atoms with Gasteiger partial charge in [0.05, 0.1) is 5.56 Å². The molecule has 0 aromatic heterocycles. The van der Waals surface area contributed by atoms with Gasteiger partial charge in [-0.3, -0.25) is 4.90 Å². The maximum Gasteiger partial charge on any atom is 0.335 e. The zero-order valence-electron chi connectivity index (χ0n) is 11.7. The molecule has 0 aliphatic carbocycles. The second kappa shape index (κ2) is 6.55. The fraction of sp³-hybridized carbons (Fsp3) is 0.533. The van der Waals surface area contributed by atoms with Crippen LogP contribution in [0.15, 0.2) is 24.3 Å². The standard InChI is InChI=1S/C15H23NO2/c1-11(2)9-12(3)16(4)10-13-5-7-14(8-6-13)15(17)18/h5-8,11-12H,9-10H2,1-4H3,(H,17,18). The van der Waals surface area contributed by atoms with Crippen LogP contribution in [0.1, 0.15) is 43.1 Å². The molecule has 0 amide bonds. The largest absolute Gasteiger partial charge is 0.478 e. The van der Waals surface area contributed by atoms with Gasteiger partial charge >= 0.3 is 5.97 Å². The highest BCUT2D eigenvalue weighted by molar-refractivity contribution is 5.87. The third-order valence-corrected chi connectivity index (χ3v) is 3.20. The highest BCUT2D eigenvalue weighted by Gasteiger charge is 2.11. The molecule has 0 saturated heterocycles. The van der Waals surface area contributed by atoms with E-state index in [9.17, 15) is 4.79 Å². The Morgan fingerprint density at radius 1 is 1.22 bits per heavy atom. The minimum atomic E-state index is -0.872. The van der Waals surface area contributed by atoms with E-state index in [0.717, 1.165) is 12.1 Å². The number of aromatic carboxylic acids is 1. The molecule has 1 aromatic rings. The average Bonchev–Trinajstić information content (AvgIpc) is 2.28. The summed E-state index contributed by atoms with van der Waals surface area (Å²) < 4.78 is 0. The van der Waals surface area contributed by atoms with E-state index in [1.54, 1.807) is 12.1 Å². The van der Waals surface area contributed by atoms with E-state index in [4.69, 9.17) is 5.11 Å². The molecular formula is C15H23NO2. The third kappa shape index (κ3) is 4.49. The van der Waals surface area contributed by atoms with E-state index in [0.29, 0.717) is 17.5 Å². The molecule has 0 spiro atoms. The van der Waals surface area contributed by atoms with Gasteiger partial charge in [0, 0.05) is 12.6 Å². The van der Waals surface area contributed by atoms with Crippen molar-refractivity contribution in [2.24, 2.45) is 5.92 Å². The van der Waals surface area contributed by atoms with Gasteiger partial charge in [-0.05, 0) is 44.0 Å². The predicted octanol–water partition coefficient (Wildman–Crippen LogP) is 3.25. The molecule has 0 aliphatic heterocycles. The summed E-state index contributed by atoms with van der Waals surface area (Å²) in [6, 6.07) is 7.64. The lowest BCUT2D eigenvalue weighted by molar-refractivity contribution is 0.0697. The fourth-order valence-electron chi connectivity index (χ4n) is 2.06. The summed E-state index contributed by atoms with van der Waals surface area (Å²) in [5, 5.41) is 8.83. The Morgan fingerprint density at radius 3 is 2.22 bits per heavy atom. The van der Waals surface area contributed by atoms with Crippen molar-refractivity contribution >= 4 is 5.97 Å². The Kier molecular flexibility index (Phi) is 5.35. The molecule has 0 aliphatic rings. The van der Waals surface area contributed by atoms with Crippen molar-refractivity contribution in [3.8, 4) is 0 Å². The molecule has 1 rings (SSSR count). The molecule has 1 unspecified atom stereocenters. The molecule has 0 saturated carbocycles. The molecule has 1 aromatic carbocycles. The monoisotopic (exact) mass is 249 g/mol. The van der Waals surface area contributed by atoms with Crippen LogP contribution in [0.4, 0.5) is 0 Å². The van der Waals surface area contributed by atoms with Gasteiger partial charge < -0.3 is 5.11 Å². The Hall–Kier alpha value is -1.35. The number of benzene rings is 1. The first-order valence-corrected chi connectivity index (χ1v) is 6.42. The summed E-state index contributed by atoms with van der Waals surface area (Å²) in [4.78, 5) is 13.1. The van der Waals surface area contributed by atoms with Crippen LogP contribution in [0.2, 0.25) is 0 Å². The first-order chi connectivity index (χ1) is 8.40. The quantitative estimate of drug-likeness (QED) is 0.841. The topological polar surface area (TPSA) is 40.5 Å². The first kappa shape index (κ1) is 14.7. The summed E-state index contributed by atoms with van der Waals surface area (Å²) >= 11 is 0. The predicted molar refractivity (Wildman–Crippen MR) is 73.8 cm³/mol. The van der Waals surface area contributed by atoms with Crippen LogP contribution in [-0.4, -0.2) is 29.1 Å². The maximum absolute atomic E-state index is 10.8. The van der Waals surface area contributed by atoms with Crippen LogP contribution in [0, 0.1) is 5.92 Å². The molecule has 0 bridgehead atoms. The van der Waals surface area contributed by atoms with Gasteiger partial charge in [0.1, 0.15) is 0 Å². The molecule has 3 nitrogen and oxygen atoms in total. The van der Waals surface area contributed by atoms with Crippen LogP contribution >= 0.6 is 0 Å². The van der Waals surface area contributed by atoms with Gasteiger partial charge in [-0.15, -0.1) is 0 Å². The number of rotatable bonds is 6. The average molecular weight is 249 g/mol. The summed E-state index contributed by atoms with van der Waals surface area (Å²) in [6.45, 7) is 7.54. The number of nitrogens with zero attached hydrogens (tertiary/aromatic N) is 1. The summed E-state index contributed by atoms with van der Waals surface area (Å²) in [5.74, 6) is -0.181. The highest BCUT2D eigenvalue weighted by atomic mass is 16.4. The number of carbonyl (C=O) groups is 1. The van der Waals surface area contributed by atoms with Crippen molar-refractivity contribution < 1.29 is 9.90 Å². The van der Waals surface area contributed by atoms with Crippen LogP contribution < -0.4 is 0 Å². The van der Waals surface area contributed by atoms with Crippen molar-refractivity contribution in [2.75, 3.05) is 7.05 Å². The fourth-order valence-corrected chi connectivity index (χ4v) is 2.06. The van der Waals surface area contributed by atoms with Crippen molar-refractivity contribution in [1.29, 1.82) is 0 Å². The van der Waals surface area contributed by atoms with E-state index < -0.39 is 5.97 Å². The number of carboxylic acid groups (broad SMARTS) is 1. The Balaban J connectivity index is 2.59. The molecule has 100 valence electrons.